The van der Waals surface area contributed by atoms with Crippen LogP contribution in [0.25, 0.3) is 0 Å². The van der Waals surface area contributed by atoms with Crippen molar-refractivity contribution in [2.45, 2.75) is 31.9 Å². The molecule has 2 aromatic carbocycles. The lowest BCUT2D eigenvalue weighted by Gasteiger charge is -2.36. The third-order valence-electron chi connectivity index (χ3n) is 6.16. The van der Waals surface area contributed by atoms with E-state index in [1.165, 1.54) is 12.1 Å². The lowest BCUT2D eigenvalue weighted by Crippen LogP contribution is -2.49. The van der Waals surface area contributed by atoms with Gasteiger partial charge in [-0.15, -0.1) is 0 Å². The summed E-state index contributed by atoms with van der Waals surface area (Å²) in [5.41, 5.74) is 1.70. The minimum atomic E-state index is -0.349. The molecule has 0 aliphatic carbocycles. The topological polar surface area (TPSA) is 70.7 Å². The van der Waals surface area contributed by atoms with Gasteiger partial charge in [-0.2, -0.15) is 0 Å². The predicted octanol–water partition coefficient (Wildman–Crippen LogP) is 3.20. The second kappa shape index (κ2) is 10.7. The van der Waals surface area contributed by atoms with Gasteiger partial charge < -0.3 is 15.4 Å². The molecular weight excluding hydrogens is 409 g/mol. The highest BCUT2D eigenvalue weighted by Crippen LogP contribution is 2.25. The van der Waals surface area contributed by atoms with E-state index >= 15 is 0 Å². The molecular formula is C25H30FN3O3. The zero-order valence-corrected chi connectivity index (χ0v) is 18.1. The van der Waals surface area contributed by atoms with Crippen LogP contribution < -0.4 is 10.6 Å². The predicted molar refractivity (Wildman–Crippen MR) is 120 cm³/mol. The molecule has 0 radical (unpaired) electrons. The monoisotopic (exact) mass is 439 g/mol. The highest BCUT2D eigenvalue weighted by atomic mass is 19.1. The van der Waals surface area contributed by atoms with Gasteiger partial charge in [0.25, 0.3) is 0 Å². The molecule has 0 bridgehead atoms. The lowest BCUT2D eigenvalue weighted by atomic mass is 9.87. The Balaban J connectivity index is 1.42. The molecule has 2 aromatic rings. The van der Waals surface area contributed by atoms with Crippen molar-refractivity contribution in [1.82, 2.24) is 10.2 Å². The maximum atomic E-state index is 13.2. The number of hydrogen-bond acceptors (Lipinski definition) is 4. The Kier molecular flexibility index (Phi) is 7.50. The molecule has 2 fully saturated rings. The van der Waals surface area contributed by atoms with Crippen LogP contribution in [0.1, 0.15) is 24.8 Å². The van der Waals surface area contributed by atoms with Crippen molar-refractivity contribution in [2.75, 3.05) is 31.6 Å². The first-order valence-electron chi connectivity index (χ1n) is 11.3. The second-order valence-corrected chi connectivity index (χ2v) is 8.69. The van der Waals surface area contributed by atoms with E-state index < -0.39 is 0 Å². The number of piperidine rings is 1. The smallest absolute Gasteiger partial charge is 0.228 e. The molecule has 2 saturated heterocycles. The molecule has 32 heavy (non-hydrogen) atoms. The first-order valence-corrected chi connectivity index (χ1v) is 11.3. The number of benzene rings is 2. The molecule has 4 rings (SSSR count). The molecule has 6 nitrogen and oxygen atoms in total. The molecule has 0 saturated carbocycles. The van der Waals surface area contributed by atoms with Crippen molar-refractivity contribution in [2.24, 2.45) is 11.8 Å². The Morgan fingerprint density at radius 2 is 1.72 bits per heavy atom. The van der Waals surface area contributed by atoms with Crippen molar-refractivity contribution in [3.8, 4) is 0 Å². The molecule has 7 heteroatoms. The van der Waals surface area contributed by atoms with Gasteiger partial charge in [0.15, 0.2) is 0 Å². The van der Waals surface area contributed by atoms with Gasteiger partial charge in [-0.05, 0) is 49.1 Å². The van der Waals surface area contributed by atoms with Gasteiger partial charge in [-0.3, -0.25) is 14.5 Å². The van der Waals surface area contributed by atoms with E-state index in [0.29, 0.717) is 38.3 Å². The van der Waals surface area contributed by atoms with Gasteiger partial charge >= 0.3 is 0 Å². The number of amides is 2. The summed E-state index contributed by atoms with van der Waals surface area (Å²) in [7, 11) is 0. The van der Waals surface area contributed by atoms with E-state index in [9.17, 15) is 14.0 Å². The highest BCUT2D eigenvalue weighted by molar-refractivity contribution is 5.93. The molecule has 3 atom stereocenters. The Hall–Kier alpha value is -2.77. The summed E-state index contributed by atoms with van der Waals surface area (Å²) in [6, 6.07) is 15.8. The first kappa shape index (κ1) is 22.4. The summed E-state index contributed by atoms with van der Waals surface area (Å²) in [4.78, 5) is 28.1. The van der Waals surface area contributed by atoms with Crippen LogP contribution in [-0.2, 0) is 20.9 Å². The van der Waals surface area contributed by atoms with E-state index in [4.69, 9.17) is 4.74 Å². The molecule has 0 aromatic heterocycles. The Labute approximate surface area is 188 Å². The van der Waals surface area contributed by atoms with Crippen molar-refractivity contribution in [1.29, 1.82) is 0 Å². The lowest BCUT2D eigenvalue weighted by molar-refractivity contribution is -0.130. The van der Waals surface area contributed by atoms with Gasteiger partial charge in [-0.1, -0.05) is 30.3 Å². The number of hydrogen-bond donors (Lipinski definition) is 2. The summed E-state index contributed by atoms with van der Waals surface area (Å²) < 4.78 is 18.8. The van der Waals surface area contributed by atoms with E-state index in [1.54, 1.807) is 12.1 Å². The van der Waals surface area contributed by atoms with Crippen molar-refractivity contribution < 1.29 is 18.7 Å². The second-order valence-electron chi connectivity index (χ2n) is 8.69. The first-order chi connectivity index (χ1) is 15.6. The number of nitrogens with one attached hydrogen (secondary N) is 2. The molecule has 0 spiro atoms. The third kappa shape index (κ3) is 6.14. The number of anilines is 1. The fourth-order valence-electron chi connectivity index (χ4n) is 4.48. The van der Waals surface area contributed by atoms with Crippen molar-refractivity contribution in [3.05, 3.63) is 66.0 Å². The number of rotatable bonds is 7. The SMILES string of the molecule is O=C(NC[C@H]1CCCO1)[C@H]1C[C@@H](C(=O)Nc2ccc(F)cc2)CN(Cc2ccccc2)C1. The highest BCUT2D eigenvalue weighted by Gasteiger charge is 2.35. The van der Waals surface area contributed by atoms with Gasteiger partial charge in [-0.25, -0.2) is 4.39 Å². The number of likely N-dealkylation sites (tertiary alicyclic amines) is 1. The fraction of sp³-hybridized carbons (Fsp3) is 0.440. The maximum Gasteiger partial charge on any atom is 0.228 e. The minimum Gasteiger partial charge on any atom is -0.376 e. The molecule has 2 amide bonds. The Morgan fingerprint density at radius 3 is 2.41 bits per heavy atom. The van der Waals surface area contributed by atoms with Crippen LogP contribution in [0.15, 0.2) is 54.6 Å². The number of carbonyl (C=O) groups is 2. The quantitative estimate of drug-likeness (QED) is 0.695. The number of nitrogens with zero attached hydrogens (tertiary/aromatic N) is 1. The average molecular weight is 440 g/mol. The van der Waals surface area contributed by atoms with Crippen molar-refractivity contribution >= 4 is 17.5 Å². The van der Waals surface area contributed by atoms with E-state index in [0.717, 1.165) is 25.0 Å². The van der Waals surface area contributed by atoms with Gasteiger partial charge in [0.05, 0.1) is 17.9 Å². The zero-order valence-electron chi connectivity index (χ0n) is 18.1. The Morgan fingerprint density at radius 1 is 1.00 bits per heavy atom. The van der Waals surface area contributed by atoms with Crippen LogP contribution in [0.2, 0.25) is 0 Å². The van der Waals surface area contributed by atoms with E-state index in [2.05, 4.69) is 27.7 Å². The summed E-state index contributed by atoms with van der Waals surface area (Å²) in [5.74, 6) is -1.14. The van der Waals surface area contributed by atoms with Crippen LogP contribution in [-0.4, -0.2) is 49.1 Å². The normalized spacial score (nSPS) is 23.6. The molecule has 2 aliphatic rings. The van der Waals surface area contributed by atoms with Crippen molar-refractivity contribution in [3.63, 3.8) is 0 Å². The summed E-state index contributed by atoms with van der Waals surface area (Å²) in [5, 5.41) is 5.91. The average Bonchev–Trinajstić information content (AvgIpc) is 3.33. The fourth-order valence-corrected chi connectivity index (χ4v) is 4.48. The maximum absolute atomic E-state index is 13.2. The zero-order chi connectivity index (χ0) is 22.3. The van der Waals surface area contributed by atoms with Crippen LogP contribution in [0.5, 0.6) is 0 Å². The molecule has 0 unspecified atom stereocenters. The van der Waals surface area contributed by atoms with Gasteiger partial charge in [0.2, 0.25) is 11.8 Å². The standard InChI is InChI=1S/C25H30FN3O3/c26-21-8-10-22(11-9-21)28-25(31)20-13-19(24(30)27-14-23-7-4-12-32-23)16-29(17-20)15-18-5-2-1-3-6-18/h1-3,5-6,8-11,19-20,23H,4,7,12-17H2,(H,27,30)(H,28,31)/t19-,20+,23+/m0/s1. The summed E-state index contributed by atoms with van der Waals surface area (Å²) in [6.45, 7) is 3.11. The molecule has 2 heterocycles. The number of ether oxygens (including phenoxy) is 1. The number of carbonyl (C=O) groups excluding carboxylic acids is 2. The summed E-state index contributed by atoms with van der Waals surface area (Å²) in [6.07, 6.45) is 2.56. The molecule has 2 aliphatic heterocycles. The van der Waals surface area contributed by atoms with Crippen LogP contribution in [0, 0.1) is 17.7 Å². The van der Waals surface area contributed by atoms with E-state index in [-0.39, 0.29) is 35.6 Å². The van der Waals surface area contributed by atoms with Crippen LogP contribution in [0.4, 0.5) is 10.1 Å². The largest absolute Gasteiger partial charge is 0.376 e. The van der Waals surface area contributed by atoms with Gasteiger partial charge in [0, 0.05) is 38.5 Å². The molecule has 170 valence electrons. The van der Waals surface area contributed by atoms with Crippen LogP contribution >= 0.6 is 0 Å². The Bertz CT molecular complexity index is 900. The number of halogens is 1. The minimum absolute atomic E-state index is 0.0298. The van der Waals surface area contributed by atoms with Gasteiger partial charge in [0.1, 0.15) is 5.82 Å². The van der Waals surface area contributed by atoms with Crippen LogP contribution in [0.3, 0.4) is 0 Å². The third-order valence-corrected chi connectivity index (χ3v) is 6.16. The van der Waals surface area contributed by atoms with E-state index in [1.807, 2.05) is 18.2 Å². The summed E-state index contributed by atoms with van der Waals surface area (Å²) >= 11 is 0. The molecule has 2 N–H and O–H groups in total.